The number of fused-ring (bicyclic) bond motifs is 1. The number of carbonyl (C=O) groups excluding carboxylic acids is 2. The molecule has 0 aromatic heterocycles. The molecule has 0 radical (unpaired) electrons. The van der Waals surface area contributed by atoms with Gasteiger partial charge >= 0.3 is 5.97 Å². The smallest absolute Gasteiger partial charge is 0.308 e. The molecule has 1 heterocycles. The predicted molar refractivity (Wildman–Crippen MR) is 63.5 cm³/mol. The Morgan fingerprint density at radius 2 is 1.83 bits per heavy atom. The average molecular weight is 251 g/mol. The third-order valence-electron chi connectivity index (χ3n) is 3.84. The average Bonchev–Trinajstić information content (AvgIpc) is 2.60. The molecule has 0 bridgehead atoms. The number of rotatable bonds is 4. The van der Waals surface area contributed by atoms with Crippen LogP contribution in [0.1, 0.15) is 26.2 Å². The number of allylic oxidation sites excluding steroid dienone is 2. The van der Waals surface area contributed by atoms with Gasteiger partial charge in [0, 0.05) is 6.54 Å². The van der Waals surface area contributed by atoms with Crippen molar-refractivity contribution >= 4 is 17.8 Å². The molecule has 0 aromatic carbocycles. The Kier molecular flexibility index (Phi) is 3.50. The zero-order chi connectivity index (χ0) is 13.3. The first kappa shape index (κ1) is 12.8. The molecule has 1 fully saturated rings. The predicted octanol–water partition coefficient (Wildman–Crippen LogP) is 1.05. The molecule has 1 saturated heterocycles. The van der Waals surface area contributed by atoms with Crippen LogP contribution in [0.4, 0.5) is 0 Å². The van der Waals surface area contributed by atoms with Gasteiger partial charge in [0.25, 0.3) is 0 Å². The van der Waals surface area contributed by atoms with Gasteiger partial charge in [0.2, 0.25) is 11.8 Å². The second-order valence-electron chi connectivity index (χ2n) is 4.89. The van der Waals surface area contributed by atoms with Crippen molar-refractivity contribution < 1.29 is 19.5 Å². The molecule has 2 amide bonds. The van der Waals surface area contributed by atoms with Crippen LogP contribution in [0.5, 0.6) is 0 Å². The van der Waals surface area contributed by atoms with Crippen molar-refractivity contribution in [2.24, 2.45) is 17.8 Å². The van der Waals surface area contributed by atoms with E-state index in [1.54, 1.807) is 6.92 Å². The topological polar surface area (TPSA) is 74.7 Å². The molecule has 5 heteroatoms. The minimum Gasteiger partial charge on any atom is -0.481 e. The van der Waals surface area contributed by atoms with Gasteiger partial charge in [-0.15, -0.1) is 0 Å². The van der Waals surface area contributed by atoms with Crippen LogP contribution in [0.2, 0.25) is 0 Å². The number of amides is 2. The van der Waals surface area contributed by atoms with E-state index in [-0.39, 0.29) is 30.2 Å². The molecule has 1 unspecified atom stereocenters. The number of likely N-dealkylation sites (tertiary alicyclic amines) is 1. The summed E-state index contributed by atoms with van der Waals surface area (Å²) in [7, 11) is 0. The minimum atomic E-state index is -0.953. The molecule has 1 aliphatic carbocycles. The minimum absolute atomic E-state index is 0.0104. The van der Waals surface area contributed by atoms with E-state index in [1.807, 2.05) is 12.2 Å². The summed E-state index contributed by atoms with van der Waals surface area (Å²) in [6.45, 7) is 1.76. The van der Waals surface area contributed by atoms with Crippen LogP contribution in [0.25, 0.3) is 0 Å². The molecule has 5 nitrogen and oxygen atoms in total. The van der Waals surface area contributed by atoms with Crippen LogP contribution in [0.15, 0.2) is 12.2 Å². The number of carbonyl (C=O) groups is 3. The number of carboxylic acids is 1. The van der Waals surface area contributed by atoms with E-state index < -0.39 is 11.9 Å². The normalized spacial score (nSPS) is 28.4. The molecule has 0 aromatic rings. The molecule has 1 aliphatic heterocycles. The molecule has 0 saturated carbocycles. The summed E-state index contributed by atoms with van der Waals surface area (Å²) >= 11 is 0. The lowest BCUT2D eigenvalue weighted by Crippen LogP contribution is -2.38. The SMILES string of the molecule is CCC(CN1C(=O)[C@H]2CC=CC[C@H]2C1=O)C(=O)O. The highest BCUT2D eigenvalue weighted by atomic mass is 16.4. The van der Waals surface area contributed by atoms with Crippen LogP contribution in [-0.2, 0) is 14.4 Å². The Labute approximate surface area is 105 Å². The largest absolute Gasteiger partial charge is 0.481 e. The van der Waals surface area contributed by atoms with Crippen LogP contribution in [-0.4, -0.2) is 34.3 Å². The first-order valence-corrected chi connectivity index (χ1v) is 6.29. The molecule has 98 valence electrons. The third-order valence-corrected chi connectivity index (χ3v) is 3.84. The maximum Gasteiger partial charge on any atom is 0.308 e. The summed E-state index contributed by atoms with van der Waals surface area (Å²) in [4.78, 5) is 36.3. The Morgan fingerprint density at radius 1 is 1.33 bits per heavy atom. The first-order chi connectivity index (χ1) is 8.56. The highest BCUT2D eigenvalue weighted by molar-refractivity contribution is 6.05. The fourth-order valence-corrected chi connectivity index (χ4v) is 2.65. The summed E-state index contributed by atoms with van der Waals surface area (Å²) in [6, 6.07) is 0. The maximum absolute atomic E-state index is 12.1. The van der Waals surface area contributed by atoms with Crippen molar-refractivity contribution in [2.75, 3.05) is 6.54 Å². The fourth-order valence-electron chi connectivity index (χ4n) is 2.65. The Hall–Kier alpha value is -1.65. The number of nitrogens with zero attached hydrogens (tertiary/aromatic N) is 1. The van der Waals surface area contributed by atoms with E-state index >= 15 is 0 Å². The molecule has 3 atom stereocenters. The van der Waals surface area contributed by atoms with Crippen LogP contribution in [0.3, 0.4) is 0 Å². The number of carboxylic acid groups (broad SMARTS) is 1. The Bertz CT molecular complexity index is 389. The second-order valence-corrected chi connectivity index (χ2v) is 4.89. The zero-order valence-electron chi connectivity index (χ0n) is 10.3. The van der Waals surface area contributed by atoms with Gasteiger partial charge in [0.1, 0.15) is 0 Å². The molecular formula is C13H17NO4. The fraction of sp³-hybridized carbons (Fsp3) is 0.615. The standard InChI is InChI=1S/C13H17NO4/c1-2-8(13(17)18)7-14-11(15)9-5-3-4-6-10(9)12(14)16/h3-4,8-10H,2,5-7H2,1H3,(H,17,18)/t8?,9-,10+. The van der Waals surface area contributed by atoms with Gasteiger partial charge in [-0.1, -0.05) is 19.1 Å². The van der Waals surface area contributed by atoms with Gasteiger partial charge < -0.3 is 5.11 Å². The lowest BCUT2D eigenvalue weighted by Gasteiger charge is -2.18. The van der Waals surface area contributed by atoms with Gasteiger partial charge in [-0.05, 0) is 19.3 Å². The van der Waals surface area contributed by atoms with Gasteiger partial charge in [-0.25, -0.2) is 0 Å². The maximum atomic E-state index is 12.1. The summed E-state index contributed by atoms with van der Waals surface area (Å²) in [5, 5.41) is 9.00. The number of hydrogen-bond donors (Lipinski definition) is 1. The van der Waals surface area contributed by atoms with Gasteiger partial charge in [0.15, 0.2) is 0 Å². The quantitative estimate of drug-likeness (QED) is 0.598. The van der Waals surface area contributed by atoms with E-state index in [4.69, 9.17) is 5.11 Å². The first-order valence-electron chi connectivity index (χ1n) is 6.29. The number of imide groups is 1. The monoisotopic (exact) mass is 251 g/mol. The van der Waals surface area contributed by atoms with Crippen molar-refractivity contribution in [1.29, 1.82) is 0 Å². The highest BCUT2D eigenvalue weighted by Gasteiger charge is 2.47. The molecule has 2 aliphatic rings. The summed E-state index contributed by atoms with van der Waals surface area (Å²) in [5.74, 6) is -2.55. The molecule has 2 rings (SSSR count). The van der Waals surface area contributed by atoms with Crippen LogP contribution in [0, 0.1) is 17.8 Å². The van der Waals surface area contributed by atoms with Gasteiger partial charge in [0.05, 0.1) is 17.8 Å². The van der Waals surface area contributed by atoms with Gasteiger partial charge in [-0.2, -0.15) is 0 Å². The van der Waals surface area contributed by atoms with Gasteiger partial charge in [-0.3, -0.25) is 19.3 Å². The van der Waals surface area contributed by atoms with E-state index in [0.717, 1.165) is 4.90 Å². The van der Waals surface area contributed by atoms with Crippen LogP contribution < -0.4 is 0 Å². The van der Waals surface area contributed by atoms with Crippen molar-refractivity contribution in [3.05, 3.63) is 12.2 Å². The lowest BCUT2D eigenvalue weighted by molar-refractivity contribution is -0.146. The molecule has 0 spiro atoms. The number of hydrogen-bond acceptors (Lipinski definition) is 3. The molecule has 18 heavy (non-hydrogen) atoms. The lowest BCUT2D eigenvalue weighted by atomic mass is 9.85. The van der Waals surface area contributed by atoms with E-state index in [0.29, 0.717) is 19.3 Å². The Balaban J connectivity index is 2.13. The summed E-state index contributed by atoms with van der Waals surface area (Å²) < 4.78 is 0. The number of aliphatic carboxylic acids is 1. The second kappa shape index (κ2) is 4.92. The molecular weight excluding hydrogens is 234 g/mol. The Morgan fingerprint density at radius 3 is 2.22 bits per heavy atom. The van der Waals surface area contributed by atoms with E-state index in [1.165, 1.54) is 0 Å². The summed E-state index contributed by atoms with van der Waals surface area (Å²) in [5.41, 5.74) is 0. The summed E-state index contributed by atoms with van der Waals surface area (Å²) in [6.07, 6.45) is 5.44. The van der Waals surface area contributed by atoms with Crippen molar-refractivity contribution in [3.8, 4) is 0 Å². The molecule has 1 N–H and O–H groups in total. The van der Waals surface area contributed by atoms with Crippen LogP contribution >= 0.6 is 0 Å². The highest BCUT2D eigenvalue weighted by Crippen LogP contribution is 2.35. The van der Waals surface area contributed by atoms with Crippen molar-refractivity contribution in [2.45, 2.75) is 26.2 Å². The van der Waals surface area contributed by atoms with E-state index in [9.17, 15) is 14.4 Å². The third kappa shape index (κ3) is 2.05. The zero-order valence-corrected chi connectivity index (χ0v) is 10.3. The van der Waals surface area contributed by atoms with Crippen molar-refractivity contribution in [3.63, 3.8) is 0 Å². The van der Waals surface area contributed by atoms with E-state index in [2.05, 4.69) is 0 Å². The van der Waals surface area contributed by atoms with Crippen molar-refractivity contribution in [1.82, 2.24) is 4.90 Å².